The summed E-state index contributed by atoms with van der Waals surface area (Å²) in [6.45, 7) is 0.196. The maximum Gasteiger partial charge on any atom is 0.312 e. The van der Waals surface area contributed by atoms with Gasteiger partial charge in [-0.15, -0.1) is 0 Å². The first-order valence-electron chi connectivity index (χ1n) is 8.08. The Hall–Kier alpha value is -2.87. The van der Waals surface area contributed by atoms with Crippen LogP contribution in [-0.4, -0.2) is 20.4 Å². The number of sulfonamides is 1. The summed E-state index contributed by atoms with van der Waals surface area (Å²) in [6.07, 6.45) is 1.38. The number of nitrogens with one attached hydrogen (secondary N) is 2. The molecule has 7 nitrogen and oxygen atoms in total. The molecule has 2 rings (SSSR count). The molecule has 2 aromatic rings. The zero-order chi connectivity index (χ0) is 19.0. The number of hydrogen-bond donors (Lipinski definition) is 3. The maximum atomic E-state index is 12.2. The van der Waals surface area contributed by atoms with Crippen LogP contribution in [-0.2, 0) is 27.8 Å². The number of amides is 3. The van der Waals surface area contributed by atoms with E-state index in [4.69, 9.17) is 5.73 Å². The van der Waals surface area contributed by atoms with E-state index < -0.39 is 22.0 Å². The number of carbonyl (C=O) groups is 2. The smallest absolute Gasteiger partial charge is 0.312 e. The lowest BCUT2D eigenvalue weighted by Gasteiger charge is -2.08. The average molecular weight is 375 g/mol. The summed E-state index contributed by atoms with van der Waals surface area (Å²) in [5.74, 6) is -0.541. The fraction of sp³-hybridized carbons (Fsp3) is 0.222. The van der Waals surface area contributed by atoms with E-state index in [0.717, 1.165) is 5.56 Å². The molecule has 0 aliphatic rings. The molecule has 0 heterocycles. The molecule has 138 valence electrons. The van der Waals surface area contributed by atoms with Gasteiger partial charge in [-0.05, 0) is 36.1 Å². The molecule has 0 aliphatic heterocycles. The van der Waals surface area contributed by atoms with Crippen molar-refractivity contribution in [2.75, 3.05) is 0 Å². The molecule has 0 aromatic heterocycles. The molecule has 0 unspecified atom stereocenters. The molecule has 0 radical (unpaired) electrons. The van der Waals surface area contributed by atoms with Gasteiger partial charge in [0.2, 0.25) is 5.91 Å². The number of aryl methyl sites for hydroxylation is 1. The van der Waals surface area contributed by atoms with Crippen molar-refractivity contribution in [3.05, 3.63) is 65.7 Å². The van der Waals surface area contributed by atoms with Crippen LogP contribution in [0.4, 0.5) is 4.79 Å². The topological polar surface area (TPSA) is 118 Å². The lowest BCUT2D eigenvalue weighted by Crippen LogP contribution is -2.30. The molecule has 2 aromatic carbocycles. The van der Waals surface area contributed by atoms with Gasteiger partial charge in [0.25, 0.3) is 10.0 Å². The highest BCUT2D eigenvalue weighted by Gasteiger charge is 2.17. The monoisotopic (exact) mass is 375 g/mol. The van der Waals surface area contributed by atoms with E-state index in [9.17, 15) is 18.0 Å². The number of benzene rings is 2. The van der Waals surface area contributed by atoms with Gasteiger partial charge in [-0.3, -0.25) is 4.79 Å². The second kappa shape index (κ2) is 9.00. The summed E-state index contributed by atoms with van der Waals surface area (Å²) in [7, 11) is -3.91. The van der Waals surface area contributed by atoms with Crippen molar-refractivity contribution < 1.29 is 18.0 Å². The van der Waals surface area contributed by atoms with Crippen molar-refractivity contribution in [1.29, 1.82) is 0 Å². The van der Waals surface area contributed by atoms with E-state index in [1.54, 1.807) is 12.1 Å². The normalized spacial score (nSPS) is 10.9. The van der Waals surface area contributed by atoms with Crippen molar-refractivity contribution in [1.82, 2.24) is 10.0 Å². The summed E-state index contributed by atoms with van der Waals surface area (Å²) in [5, 5.41) is 2.41. The molecule has 0 fully saturated rings. The minimum atomic E-state index is -3.91. The van der Waals surface area contributed by atoms with Crippen LogP contribution in [0.2, 0.25) is 0 Å². The van der Waals surface area contributed by atoms with E-state index in [2.05, 4.69) is 10.0 Å². The van der Waals surface area contributed by atoms with Crippen molar-refractivity contribution >= 4 is 22.0 Å². The highest BCUT2D eigenvalue weighted by atomic mass is 32.2. The molecule has 0 saturated heterocycles. The Bertz CT molecular complexity index is 850. The third kappa shape index (κ3) is 6.21. The van der Waals surface area contributed by atoms with Crippen molar-refractivity contribution in [3.63, 3.8) is 0 Å². The van der Waals surface area contributed by atoms with Gasteiger partial charge in [-0.1, -0.05) is 42.5 Å². The van der Waals surface area contributed by atoms with Crippen LogP contribution in [0.1, 0.15) is 24.0 Å². The van der Waals surface area contributed by atoms with Gasteiger partial charge in [0, 0.05) is 13.0 Å². The molecule has 0 spiro atoms. The minimum absolute atomic E-state index is 0.0169. The van der Waals surface area contributed by atoms with Gasteiger partial charge in [0.05, 0.1) is 4.90 Å². The number of rotatable bonds is 8. The van der Waals surface area contributed by atoms with Crippen LogP contribution in [0, 0.1) is 0 Å². The van der Waals surface area contributed by atoms with Gasteiger partial charge in [-0.2, -0.15) is 0 Å². The van der Waals surface area contributed by atoms with Crippen LogP contribution in [0.15, 0.2) is 59.5 Å². The predicted molar refractivity (Wildman–Crippen MR) is 97.6 cm³/mol. The Kier molecular flexibility index (Phi) is 6.74. The largest absolute Gasteiger partial charge is 0.352 e. The lowest BCUT2D eigenvalue weighted by atomic mass is 10.1. The Balaban J connectivity index is 1.86. The summed E-state index contributed by atoms with van der Waals surface area (Å²) in [4.78, 5) is 22.6. The molecule has 3 amide bonds. The zero-order valence-electron chi connectivity index (χ0n) is 14.1. The van der Waals surface area contributed by atoms with E-state index in [-0.39, 0.29) is 17.9 Å². The summed E-state index contributed by atoms with van der Waals surface area (Å²) in [5.41, 5.74) is 6.77. The summed E-state index contributed by atoms with van der Waals surface area (Å²) in [6, 6.07) is 14.9. The third-order valence-corrected chi connectivity index (χ3v) is 5.05. The molecule has 26 heavy (non-hydrogen) atoms. The fourth-order valence-corrected chi connectivity index (χ4v) is 3.35. The summed E-state index contributed by atoms with van der Waals surface area (Å²) >= 11 is 0. The van der Waals surface area contributed by atoms with Crippen LogP contribution >= 0.6 is 0 Å². The van der Waals surface area contributed by atoms with Crippen LogP contribution < -0.4 is 15.8 Å². The first-order valence-corrected chi connectivity index (χ1v) is 9.57. The van der Waals surface area contributed by atoms with Gasteiger partial charge in [0.15, 0.2) is 0 Å². The Labute approximate surface area is 152 Å². The van der Waals surface area contributed by atoms with Gasteiger partial charge >= 0.3 is 6.03 Å². The quantitative estimate of drug-likeness (QED) is 0.650. The van der Waals surface area contributed by atoms with E-state index >= 15 is 0 Å². The standard InChI is InChI=1S/C18H21N3O4S/c19-18(23)20-13-15-9-11-16(12-10-15)26(24,25)21-17(22)8-4-7-14-5-2-1-3-6-14/h1-3,5-6,9-12H,4,7-8,13H2,(H,21,22)(H3,19,20,23). The van der Waals surface area contributed by atoms with E-state index in [1.165, 1.54) is 12.1 Å². The van der Waals surface area contributed by atoms with E-state index in [1.807, 2.05) is 30.3 Å². The maximum absolute atomic E-state index is 12.2. The summed E-state index contributed by atoms with van der Waals surface area (Å²) < 4.78 is 26.5. The minimum Gasteiger partial charge on any atom is -0.352 e. The van der Waals surface area contributed by atoms with Crippen molar-refractivity contribution in [2.45, 2.75) is 30.7 Å². The van der Waals surface area contributed by atoms with Crippen LogP contribution in [0.5, 0.6) is 0 Å². The molecular formula is C18H21N3O4S. The van der Waals surface area contributed by atoms with Gasteiger partial charge < -0.3 is 11.1 Å². The zero-order valence-corrected chi connectivity index (χ0v) is 15.0. The number of carbonyl (C=O) groups excluding carboxylic acids is 2. The highest BCUT2D eigenvalue weighted by Crippen LogP contribution is 2.11. The molecule has 0 atom stereocenters. The SMILES string of the molecule is NC(=O)NCc1ccc(S(=O)(=O)NC(=O)CCCc2ccccc2)cc1. The lowest BCUT2D eigenvalue weighted by molar-refractivity contribution is -0.119. The average Bonchev–Trinajstić information content (AvgIpc) is 2.61. The number of hydrogen-bond acceptors (Lipinski definition) is 4. The van der Waals surface area contributed by atoms with E-state index in [0.29, 0.717) is 18.4 Å². The van der Waals surface area contributed by atoms with Gasteiger partial charge in [-0.25, -0.2) is 17.9 Å². The van der Waals surface area contributed by atoms with Crippen molar-refractivity contribution in [3.8, 4) is 0 Å². The first kappa shape index (κ1) is 19.5. The third-order valence-electron chi connectivity index (χ3n) is 3.66. The molecule has 0 saturated carbocycles. The Morgan fingerprint density at radius 3 is 2.19 bits per heavy atom. The number of nitrogens with two attached hydrogens (primary N) is 1. The number of urea groups is 1. The van der Waals surface area contributed by atoms with Crippen LogP contribution in [0.3, 0.4) is 0 Å². The second-order valence-corrected chi connectivity index (χ2v) is 7.41. The Morgan fingerprint density at radius 1 is 0.923 bits per heavy atom. The molecule has 0 aliphatic carbocycles. The van der Waals surface area contributed by atoms with Crippen molar-refractivity contribution in [2.24, 2.45) is 5.73 Å². The van der Waals surface area contributed by atoms with Crippen LogP contribution in [0.25, 0.3) is 0 Å². The second-order valence-electron chi connectivity index (χ2n) is 5.73. The first-order chi connectivity index (χ1) is 12.4. The molecule has 0 bridgehead atoms. The fourth-order valence-electron chi connectivity index (χ4n) is 2.33. The molecule has 4 N–H and O–H groups in total. The Morgan fingerprint density at radius 2 is 1.58 bits per heavy atom. The van der Waals surface area contributed by atoms with Gasteiger partial charge in [0.1, 0.15) is 0 Å². The number of primary amides is 1. The predicted octanol–water partition coefficient (Wildman–Crippen LogP) is 1.68. The molecular weight excluding hydrogens is 354 g/mol. The highest BCUT2D eigenvalue weighted by molar-refractivity contribution is 7.90. The molecule has 8 heteroatoms.